The van der Waals surface area contributed by atoms with Gasteiger partial charge in [0.1, 0.15) is 5.03 Å². The minimum Gasteiger partial charge on any atom is -0.462 e. The highest BCUT2D eigenvalue weighted by Gasteiger charge is 2.13. The Labute approximate surface area is 136 Å². The highest BCUT2D eigenvalue weighted by Crippen LogP contribution is 2.22. The van der Waals surface area contributed by atoms with Crippen molar-refractivity contribution in [3.63, 3.8) is 0 Å². The molecule has 0 saturated heterocycles. The lowest BCUT2D eigenvalue weighted by molar-refractivity contribution is 0.0494. The highest BCUT2D eigenvalue weighted by atomic mass is 32.2. The molecule has 0 fully saturated rings. The Morgan fingerprint density at radius 3 is 2.77 bits per heavy atom. The van der Waals surface area contributed by atoms with Crippen LogP contribution in [0.1, 0.15) is 35.7 Å². The average molecular weight is 315 g/mol. The summed E-state index contributed by atoms with van der Waals surface area (Å²) in [4.78, 5) is 16.4. The zero-order valence-electron chi connectivity index (χ0n) is 12.8. The SMILES string of the molecule is CCCCOC(=O)c1cccnc1SCCc1ccccc1. The summed E-state index contributed by atoms with van der Waals surface area (Å²) in [6.45, 7) is 2.54. The Hall–Kier alpha value is -1.81. The van der Waals surface area contributed by atoms with Crippen LogP contribution in [-0.2, 0) is 11.2 Å². The third-order valence-corrected chi connectivity index (χ3v) is 4.20. The first kappa shape index (κ1) is 16.6. The molecular formula is C18H21NO2S. The van der Waals surface area contributed by atoms with Gasteiger partial charge in [-0.25, -0.2) is 9.78 Å². The van der Waals surface area contributed by atoms with Gasteiger partial charge in [0.15, 0.2) is 0 Å². The van der Waals surface area contributed by atoms with Crippen LogP contribution in [0.3, 0.4) is 0 Å². The number of nitrogens with zero attached hydrogens (tertiary/aromatic N) is 1. The molecule has 1 heterocycles. The molecule has 0 aliphatic carbocycles. The maximum absolute atomic E-state index is 12.1. The Morgan fingerprint density at radius 2 is 2.00 bits per heavy atom. The van der Waals surface area contributed by atoms with Gasteiger partial charge >= 0.3 is 5.97 Å². The van der Waals surface area contributed by atoms with E-state index in [0.717, 1.165) is 30.0 Å². The molecule has 0 spiro atoms. The minimum absolute atomic E-state index is 0.274. The number of hydrogen-bond donors (Lipinski definition) is 0. The van der Waals surface area contributed by atoms with E-state index in [9.17, 15) is 4.79 Å². The molecule has 0 aliphatic heterocycles. The van der Waals surface area contributed by atoms with Crippen LogP contribution in [0.5, 0.6) is 0 Å². The predicted molar refractivity (Wildman–Crippen MR) is 90.3 cm³/mol. The molecule has 2 aromatic rings. The normalized spacial score (nSPS) is 10.4. The number of carbonyl (C=O) groups is 1. The number of benzene rings is 1. The van der Waals surface area contributed by atoms with Crippen LogP contribution in [0.25, 0.3) is 0 Å². The van der Waals surface area contributed by atoms with Gasteiger partial charge in [0, 0.05) is 11.9 Å². The highest BCUT2D eigenvalue weighted by molar-refractivity contribution is 7.99. The van der Waals surface area contributed by atoms with Gasteiger partial charge in [-0.2, -0.15) is 0 Å². The van der Waals surface area contributed by atoms with Gasteiger partial charge in [0.25, 0.3) is 0 Å². The third-order valence-electron chi connectivity index (χ3n) is 3.19. The van der Waals surface area contributed by atoms with E-state index < -0.39 is 0 Å². The van der Waals surface area contributed by atoms with Crippen molar-refractivity contribution in [2.24, 2.45) is 0 Å². The third kappa shape index (κ3) is 5.19. The molecule has 116 valence electrons. The molecule has 3 nitrogen and oxygen atoms in total. The van der Waals surface area contributed by atoms with Crippen LogP contribution in [0.2, 0.25) is 0 Å². The predicted octanol–water partition coefficient (Wildman–Crippen LogP) is 4.37. The summed E-state index contributed by atoms with van der Waals surface area (Å²) in [5.74, 6) is 0.611. The fourth-order valence-corrected chi connectivity index (χ4v) is 2.93. The van der Waals surface area contributed by atoms with E-state index in [0.29, 0.717) is 12.2 Å². The fraction of sp³-hybridized carbons (Fsp3) is 0.333. The quantitative estimate of drug-likeness (QED) is 0.412. The smallest absolute Gasteiger partial charge is 0.340 e. The second-order valence-electron chi connectivity index (χ2n) is 4.93. The van der Waals surface area contributed by atoms with E-state index in [1.807, 2.05) is 18.2 Å². The van der Waals surface area contributed by atoms with Gasteiger partial charge < -0.3 is 4.74 Å². The van der Waals surface area contributed by atoms with E-state index in [2.05, 4.69) is 24.0 Å². The number of carbonyl (C=O) groups excluding carboxylic acids is 1. The van der Waals surface area contributed by atoms with Gasteiger partial charge in [-0.3, -0.25) is 0 Å². The van der Waals surface area contributed by atoms with Crippen LogP contribution < -0.4 is 0 Å². The second-order valence-corrected chi connectivity index (χ2v) is 6.01. The zero-order valence-corrected chi connectivity index (χ0v) is 13.6. The molecular weight excluding hydrogens is 294 g/mol. The molecule has 0 radical (unpaired) electrons. The van der Waals surface area contributed by atoms with Crippen molar-refractivity contribution in [2.45, 2.75) is 31.2 Å². The van der Waals surface area contributed by atoms with Crippen molar-refractivity contribution in [3.05, 3.63) is 59.8 Å². The topological polar surface area (TPSA) is 39.2 Å². The Balaban J connectivity index is 1.92. The largest absolute Gasteiger partial charge is 0.462 e. The first-order valence-electron chi connectivity index (χ1n) is 7.60. The van der Waals surface area contributed by atoms with Crippen LogP contribution in [0, 0.1) is 0 Å². The van der Waals surface area contributed by atoms with Crippen molar-refractivity contribution in [2.75, 3.05) is 12.4 Å². The molecule has 0 bridgehead atoms. The number of unbranched alkanes of at least 4 members (excludes halogenated alkanes) is 1. The van der Waals surface area contributed by atoms with Gasteiger partial charge in [0.05, 0.1) is 12.2 Å². The van der Waals surface area contributed by atoms with Gasteiger partial charge in [-0.1, -0.05) is 43.7 Å². The van der Waals surface area contributed by atoms with E-state index in [1.54, 1.807) is 30.1 Å². The maximum Gasteiger partial charge on any atom is 0.340 e. The molecule has 22 heavy (non-hydrogen) atoms. The molecule has 0 saturated carbocycles. The molecule has 0 aliphatic rings. The lowest BCUT2D eigenvalue weighted by Crippen LogP contribution is -2.08. The number of rotatable bonds is 8. The summed E-state index contributed by atoms with van der Waals surface area (Å²) in [6, 6.07) is 13.9. The van der Waals surface area contributed by atoms with Crippen molar-refractivity contribution < 1.29 is 9.53 Å². The maximum atomic E-state index is 12.1. The molecule has 4 heteroatoms. The van der Waals surface area contributed by atoms with Crippen molar-refractivity contribution >= 4 is 17.7 Å². The second kappa shape index (κ2) is 9.26. The molecule has 0 unspecified atom stereocenters. The van der Waals surface area contributed by atoms with Gasteiger partial charge in [-0.05, 0) is 30.5 Å². The molecule has 2 rings (SSSR count). The van der Waals surface area contributed by atoms with E-state index in [4.69, 9.17) is 4.74 Å². The minimum atomic E-state index is -0.274. The monoisotopic (exact) mass is 315 g/mol. The van der Waals surface area contributed by atoms with Gasteiger partial charge in [0.2, 0.25) is 0 Å². The van der Waals surface area contributed by atoms with Crippen LogP contribution in [0.15, 0.2) is 53.7 Å². The number of ether oxygens (including phenoxy) is 1. The summed E-state index contributed by atoms with van der Waals surface area (Å²) < 4.78 is 5.28. The lowest BCUT2D eigenvalue weighted by atomic mass is 10.2. The summed E-state index contributed by atoms with van der Waals surface area (Å²) >= 11 is 1.60. The molecule has 0 atom stereocenters. The Bertz CT molecular complexity index is 587. The zero-order chi connectivity index (χ0) is 15.6. The summed E-state index contributed by atoms with van der Waals surface area (Å²) in [5, 5.41) is 0.750. The first-order valence-corrected chi connectivity index (χ1v) is 8.58. The summed E-state index contributed by atoms with van der Waals surface area (Å²) in [5.41, 5.74) is 1.86. The van der Waals surface area contributed by atoms with E-state index in [-0.39, 0.29) is 5.97 Å². The number of pyridine rings is 1. The van der Waals surface area contributed by atoms with Crippen LogP contribution in [0.4, 0.5) is 0 Å². The van der Waals surface area contributed by atoms with Crippen LogP contribution >= 0.6 is 11.8 Å². The van der Waals surface area contributed by atoms with Crippen LogP contribution in [-0.4, -0.2) is 23.3 Å². The number of aryl methyl sites for hydroxylation is 1. The van der Waals surface area contributed by atoms with Crippen molar-refractivity contribution in [3.8, 4) is 0 Å². The molecule has 1 aromatic heterocycles. The number of thioether (sulfide) groups is 1. The standard InChI is InChI=1S/C18H21NO2S/c1-2-3-13-21-18(20)16-10-7-12-19-17(16)22-14-11-15-8-5-4-6-9-15/h4-10,12H,2-3,11,13-14H2,1H3. The van der Waals surface area contributed by atoms with E-state index in [1.165, 1.54) is 5.56 Å². The fourth-order valence-electron chi connectivity index (χ4n) is 1.96. The molecule has 1 aromatic carbocycles. The number of esters is 1. The first-order chi connectivity index (χ1) is 10.8. The van der Waals surface area contributed by atoms with Crippen molar-refractivity contribution in [1.29, 1.82) is 0 Å². The number of hydrogen-bond acceptors (Lipinski definition) is 4. The van der Waals surface area contributed by atoms with E-state index >= 15 is 0 Å². The van der Waals surface area contributed by atoms with Crippen molar-refractivity contribution in [1.82, 2.24) is 4.98 Å². The molecule has 0 amide bonds. The van der Waals surface area contributed by atoms with Gasteiger partial charge in [-0.15, -0.1) is 11.8 Å². The summed E-state index contributed by atoms with van der Waals surface area (Å²) in [6.07, 6.45) is 4.57. The Kier molecular flexibility index (Phi) is 6.97. The average Bonchev–Trinajstić information content (AvgIpc) is 2.56. The Morgan fingerprint density at radius 1 is 1.18 bits per heavy atom. The summed E-state index contributed by atoms with van der Waals surface area (Å²) in [7, 11) is 0. The molecule has 0 N–H and O–H groups in total. The number of aromatic nitrogens is 1. The lowest BCUT2D eigenvalue weighted by Gasteiger charge is -2.08.